The zero-order valence-corrected chi connectivity index (χ0v) is 9.04. The van der Waals surface area contributed by atoms with Crippen molar-refractivity contribution in [2.45, 2.75) is 13.8 Å². The second kappa shape index (κ2) is 4.36. The van der Waals surface area contributed by atoms with Gasteiger partial charge >= 0.3 is 0 Å². The van der Waals surface area contributed by atoms with Gasteiger partial charge in [-0.25, -0.2) is 0 Å². The van der Waals surface area contributed by atoms with Crippen LogP contribution in [0.3, 0.4) is 0 Å². The Kier molecular flexibility index (Phi) is 2.92. The smallest absolute Gasteiger partial charge is 0.136 e. The van der Waals surface area contributed by atoms with Gasteiger partial charge in [-0.05, 0) is 26.0 Å². The first-order valence-corrected chi connectivity index (χ1v) is 5.10. The van der Waals surface area contributed by atoms with Crippen LogP contribution in [-0.4, -0.2) is 13.3 Å². The van der Waals surface area contributed by atoms with E-state index in [9.17, 15) is 0 Å². The summed E-state index contributed by atoms with van der Waals surface area (Å²) in [5, 5.41) is 4.29. The van der Waals surface area contributed by atoms with Gasteiger partial charge in [0.2, 0.25) is 0 Å². The maximum absolute atomic E-state index is 5.42. The van der Waals surface area contributed by atoms with E-state index < -0.39 is 0 Å². The molecule has 0 bridgehead atoms. The maximum atomic E-state index is 5.42. The summed E-state index contributed by atoms with van der Waals surface area (Å²) in [5.41, 5.74) is 3.12. The fraction of sp³-hybridized carbons (Fsp3) is 0.333. The fourth-order valence-electron chi connectivity index (χ4n) is 1.51. The number of ether oxygens (including phenoxy) is 1. The van der Waals surface area contributed by atoms with Crippen LogP contribution in [0, 0.1) is 6.92 Å². The second-order valence-corrected chi connectivity index (χ2v) is 3.46. The van der Waals surface area contributed by atoms with Crippen LogP contribution in [0.1, 0.15) is 12.5 Å². The van der Waals surface area contributed by atoms with Gasteiger partial charge in [-0.15, -0.1) is 0 Å². The van der Waals surface area contributed by atoms with E-state index in [0.29, 0.717) is 13.3 Å². The van der Waals surface area contributed by atoms with Crippen molar-refractivity contribution in [3.8, 4) is 0 Å². The largest absolute Gasteiger partial charge is 0.462 e. The molecule has 0 saturated heterocycles. The number of furan rings is 1. The molecule has 0 aliphatic carbocycles. The Balaban J connectivity index is 2.23. The molecule has 80 valence electrons. The number of hydrogen-bond acceptors (Lipinski definition) is 3. The van der Waals surface area contributed by atoms with E-state index in [-0.39, 0.29) is 0 Å². The van der Waals surface area contributed by atoms with Crippen molar-refractivity contribution in [2.24, 2.45) is 0 Å². The Labute approximate surface area is 89.0 Å². The van der Waals surface area contributed by atoms with E-state index >= 15 is 0 Å². The van der Waals surface area contributed by atoms with E-state index in [0.717, 1.165) is 16.7 Å². The van der Waals surface area contributed by atoms with Gasteiger partial charge in [-0.3, -0.25) is 0 Å². The minimum Gasteiger partial charge on any atom is -0.462 e. The summed E-state index contributed by atoms with van der Waals surface area (Å²) >= 11 is 0. The summed E-state index contributed by atoms with van der Waals surface area (Å²) in [6.45, 7) is 5.26. The van der Waals surface area contributed by atoms with Crippen molar-refractivity contribution >= 4 is 16.7 Å². The lowest BCUT2D eigenvalue weighted by Crippen LogP contribution is -2.04. The molecule has 0 amide bonds. The third kappa shape index (κ3) is 2.13. The van der Waals surface area contributed by atoms with Crippen molar-refractivity contribution in [3.05, 3.63) is 30.0 Å². The van der Waals surface area contributed by atoms with Crippen LogP contribution < -0.4 is 5.32 Å². The number of hydrogen-bond donors (Lipinski definition) is 1. The average Bonchev–Trinajstić information content (AvgIpc) is 2.62. The summed E-state index contributed by atoms with van der Waals surface area (Å²) in [6.07, 6.45) is 1.73. The molecule has 2 rings (SSSR count). The first kappa shape index (κ1) is 10.1. The molecule has 3 heteroatoms. The molecule has 3 nitrogen and oxygen atoms in total. The van der Waals surface area contributed by atoms with Gasteiger partial charge in [0.05, 0.1) is 5.69 Å². The molecule has 0 aliphatic heterocycles. The summed E-state index contributed by atoms with van der Waals surface area (Å²) in [6, 6.07) is 6.13. The Hall–Kier alpha value is -1.48. The third-order valence-electron chi connectivity index (χ3n) is 2.30. The van der Waals surface area contributed by atoms with Gasteiger partial charge in [0, 0.05) is 12.0 Å². The SMILES string of the molecule is CCOCNc1coc2ccc(C)cc12. The number of aryl methyl sites for hydroxylation is 1. The lowest BCUT2D eigenvalue weighted by Gasteiger charge is -2.03. The molecule has 1 N–H and O–H groups in total. The molecular formula is C12H15NO2. The Morgan fingerprint density at radius 3 is 3.07 bits per heavy atom. The van der Waals surface area contributed by atoms with Crippen LogP contribution >= 0.6 is 0 Å². The topological polar surface area (TPSA) is 34.4 Å². The summed E-state index contributed by atoms with van der Waals surface area (Å²) in [7, 11) is 0. The Morgan fingerprint density at radius 2 is 2.27 bits per heavy atom. The molecule has 1 heterocycles. The zero-order valence-electron chi connectivity index (χ0n) is 9.04. The van der Waals surface area contributed by atoms with Gasteiger partial charge in [0.1, 0.15) is 18.6 Å². The first-order chi connectivity index (χ1) is 7.31. The fourth-order valence-corrected chi connectivity index (χ4v) is 1.51. The van der Waals surface area contributed by atoms with E-state index in [1.54, 1.807) is 6.26 Å². The van der Waals surface area contributed by atoms with Crippen molar-refractivity contribution < 1.29 is 9.15 Å². The van der Waals surface area contributed by atoms with Gasteiger partial charge in [-0.1, -0.05) is 11.6 Å². The van der Waals surface area contributed by atoms with Gasteiger partial charge in [-0.2, -0.15) is 0 Å². The number of anilines is 1. The monoisotopic (exact) mass is 205 g/mol. The average molecular weight is 205 g/mol. The molecule has 0 fully saturated rings. The number of rotatable bonds is 4. The number of benzene rings is 1. The quantitative estimate of drug-likeness (QED) is 0.615. The highest BCUT2D eigenvalue weighted by Gasteiger charge is 2.04. The van der Waals surface area contributed by atoms with Crippen LogP contribution in [-0.2, 0) is 4.74 Å². The van der Waals surface area contributed by atoms with Crippen LogP contribution in [0.5, 0.6) is 0 Å². The molecule has 0 saturated carbocycles. The van der Waals surface area contributed by atoms with Crippen molar-refractivity contribution in [3.63, 3.8) is 0 Å². The lowest BCUT2D eigenvalue weighted by atomic mass is 10.2. The summed E-state index contributed by atoms with van der Waals surface area (Å²) < 4.78 is 10.6. The van der Waals surface area contributed by atoms with E-state index in [2.05, 4.69) is 18.3 Å². The van der Waals surface area contributed by atoms with Crippen LogP contribution in [0.15, 0.2) is 28.9 Å². The summed E-state index contributed by atoms with van der Waals surface area (Å²) in [5.74, 6) is 0. The summed E-state index contributed by atoms with van der Waals surface area (Å²) in [4.78, 5) is 0. The van der Waals surface area contributed by atoms with Crippen LogP contribution in [0.2, 0.25) is 0 Å². The van der Waals surface area contributed by atoms with Crippen molar-refractivity contribution in [2.75, 3.05) is 18.7 Å². The Bertz CT molecular complexity index is 448. The van der Waals surface area contributed by atoms with Crippen molar-refractivity contribution in [1.82, 2.24) is 0 Å². The van der Waals surface area contributed by atoms with E-state index in [1.165, 1.54) is 5.56 Å². The molecular weight excluding hydrogens is 190 g/mol. The highest BCUT2D eigenvalue weighted by Crippen LogP contribution is 2.26. The predicted molar refractivity (Wildman–Crippen MR) is 61.1 cm³/mol. The number of fused-ring (bicyclic) bond motifs is 1. The van der Waals surface area contributed by atoms with Crippen molar-refractivity contribution in [1.29, 1.82) is 0 Å². The van der Waals surface area contributed by atoms with Gasteiger partial charge < -0.3 is 14.5 Å². The Morgan fingerprint density at radius 1 is 1.40 bits per heavy atom. The minimum absolute atomic E-state index is 0.513. The molecule has 1 aromatic carbocycles. The molecule has 1 aromatic heterocycles. The lowest BCUT2D eigenvalue weighted by molar-refractivity contribution is 0.167. The predicted octanol–water partition coefficient (Wildman–Crippen LogP) is 3.15. The molecule has 2 aromatic rings. The highest BCUT2D eigenvalue weighted by molar-refractivity contribution is 5.90. The molecule has 0 spiro atoms. The normalized spacial score (nSPS) is 10.8. The number of nitrogens with one attached hydrogen (secondary N) is 1. The van der Waals surface area contributed by atoms with Crippen LogP contribution in [0.4, 0.5) is 5.69 Å². The minimum atomic E-state index is 0.513. The molecule has 0 aliphatic rings. The standard InChI is InChI=1S/C12H15NO2/c1-3-14-8-13-11-7-15-12-5-4-9(2)6-10(11)12/h4-7,13H,3,8H2,1-2H3. The van der Waals surface area contributed by atoms with Gasteiger partial charge in [0.15, 0.2) is 0 Å². The van der Waals surface area contributed by atoms with Crippen LogP contribution in [0.25, 0.3) is 11.0 Å². The molecule has 0 unspecified atom stereocenters. The highest BCUT2D eigenvalue weighted by atomic mass is 16.5. The molecule has 0 radical (unpaired) electrons. The zero-order chi connectivity index (χ0) is 10.7. The first-order valence-electron chi connectivity index (χ1n) is 5.10. The van der Waals surface area contributed by atoms with Gasteiger partial charge in [0.25, 0.3) is 0 Å². The second-order valence-electron chi connectivity index (χ2n) is 3.46. The molecule has 0 atom stereocenters. The van der Waals surface area contributed by atoms with E-state index in [4.69, 9.17) is 9.15 Å². The third-order valence-corrected chi connectivity index (χ3v) is 2.30. The molecule has 15 heavy (non-hydrogen) atoms. The van der Waals surface area contributed by atoms with E-state index in [1.807, 2.05) is 19.1 Å². The maximum Gasteiger partial charge on any atom is 0.136 e.